The number of rotatable bonds is 2. The number of ether oxygens (including phenoxy) is 1. The average molecular weight is 297 g/mol. The Morgan fingerprint density at radius 2 is 2.35 bits per heavy atom. The number of piperidine rings is 1. The highest BCUT2D eigenvalue weighted by Crippen LogP contribution is 2.29. The van der Waals surface area contributed by atoms with Crippen LogP contribution in [0.5, 0.6) is 0 Å². The number of hydrogen-bond acceptors (Lipinski definition) is 5. The topological polar surface area (TPSA) is 53.9 Å². The van der Waals surface area contributed by atoms with Gasteiger partial charge in [0.2, 0.25) is 5.91 Å². The quantitative estimate of drug-likeness (QED) is 0.822. The van der Waals surface area contributed by atoms with Gasteiger partial charge in [0.25, 0.3) is 0 Å². The number of aliphatic imine (C=N–C) groups is 1. The summed E-state index contributed by atoms with van der Waals surface area (Å²) in [6.07, 6.45) is 2.94. The van der Waals surface area contributed by atoms with Gasteiger partial charge in [-0.25, -0.2) is 0 Å². The number of thioether (sulfide) groups is 1. The largest absolute Gasteiger partial charge is 0.371 e. The minimum atomic E-state index is -0.160. The van der Waals surface area contributed by atoms with Gasteiger partial charge in [0, 0.05) is 18.8 Å². The molecule has 0 bridgehead atoms. The average Bonchev–Trinajstić information content (AvgIpc) is 2.96. The first-order chi connectivity index (χ1) is 9.72. The van der Waals surface area contributed by atoms with Crippen molar-refractivity contribution in [1.29, 1.82) is 0 Å². The van der Waals surface area contributed by atoms with Gasteiger partial charge in [-0.15, -0.1) is 11.8 Å². The van der Waals surface area contributed by atoms with Gasteiger partial charge < -0.3 is 15.0 Å². The highest BCUT2D eigenvalue weighted by atomic mass is 32.2. The lowest BCUT2D eigenvalue weighted by Crippen LogP contribution is -2.58. The van der Waals surface area contributed by atoms with E-state index in [4.69, 9.17) is 4.74 Å². The van der Waals surface area contributed by atoms with Gasteiger partial charge in [-0.05, 0) is 32.4 Å². The maximum Gasteiger partial charge on any atom is 0.248 e. The lowest BCUT2D eigenvalue weighted by atomic mass is 9.90. The Hall–Kier alpha value is -0.590. The van der Waals surface area contributed by atoms with Crippen LogP contribution in [0, 0.1) is 0 Å². The Morgan fingerprint density at radius 1 is 1.55 bits per heavy atom. The van der Waals surface area contributed by atoms with Crippen molar-refractivity contribution in [2.75, 3.05) is 38.5 Å². The predicted molar refractivity (Wildman–Crippen MR) is 81.3 cm³/mol. The number of hydrogen-bond donors (Lipinski definition) is 1. The molecule has 3 rings (SSSR count). The van der Waals surface area contributed by atoms with Crippen molar-refractivity contribution in [2.45, 2.75) is 37.8 Å². The normalized spacial score (nSPS) is 29.6. The third-order valence-electron chi connectivity index (χ3n) is 4.37. The van der Waals surface area contributed by atoms with Gasteiger partial charge >= 0.3 is 0 Å². The van der Waals surface area contributed by atoms with E-state index in [1.54, 1.807) is 11.8 Å². The highest BCUT2D eigenvalue weighted by molar-refractivity contribution is 8.14. The second-order valence-electron chi connectivity index (χ2n) is 5.74. The summed E-state index contributed by atoms with van der Waals surface area (Å²) in [6, 6.07) is -0.160. The van der Waals surface area contributed by atoms with E-state index in [2.05, 4.69) is 17.2 Å². The lowest BCUT2D eigenvalue weighted by molar-refractivity contribution is -0.155. The molecule has 0 aliphatic carbocycles. The number of amides is 1. The molecule has 2 saturated heterocycles. The minimum Gasteiger partial charge on any atom is -0.371 e. The zero-order chi connectivity index (χ0) is 14.0. The van der Waals surface area contributed by atoms with E-state index >= 15 is 0 Å². The van der Waals surface area contributed by atoms with Crippen molar-refractivity contribution < 1.29 is 9.53 Å². The van der Waals surface area contributed by atoms with E-state index in [1.807, 2.05) is 4.90 Å². The molecule has 3 aliphatic heterocycles. The fourth-order valence-electron chi connectivity index (χ4n) is 3.17. The highest BCUT2D eigenvalue weighted by Gasteiger charge is 2.41. The third kappa shape index (κ3) is 2.87. The first-order valence-electron chi connectivity index (χ1n) is 7.55. The summed E-state index contributed by atoms with van der Waals surface area (Å²) in [6.45, 7) is 6.18. The molecule has 1 N–H and O–H groups in total. The second kappa shape index (κ2) is 6.03. The number of morpholine rings is 1. The van der Waals surface area contributed by atoms with Crippen LogP contribution in [-0.4, -0.2) is 66.0 Å². The van der Waals surface area contributed by atoms with E-state index in [-0.39, 0.29) is 17.6 Å². The van der Waals surface area contributed by atoms with Crippen LogP contribution in [0.25, 0.3) is 0 Å². The molecule has 1 spiro atoms. The third-order valence-corrected chi connectivity index (χ3v) is 5.58. The summed E-state index contributed by atoms with van der Waals surface area (Å²) >= 11 is 1.73. The van der Waals surface area contributed by atoms with E-state index < -0.39 is 0 Å². The molecule has 2 fully saturated rings. The van der Waals surface area contributed by atoms with E-state index in [1.165, 1.54) is 0 Å². The van der Waals surface area contributed by atoms with Gasteiger partial charge in [-0.3, -0.25) is 9.79 Å². The smallest absolute Gasteiger partial charge is 0.248 e. The molecular weight excluding hydrogens is 274 g/mol. The standard InChI is InChI=1S/C14H23N3O2S/c1-2-12-16-11(9-20-12)13(18)17-7-8-19-14(10-17)3-5-15-6-4-14/h11,15H,2-10H2,1H3. The number of carbonyl (C=O) groups excluding carboxylic acids is 1. The molecule has 20 heavy (non-hydrogen) atoms. The van der Waals surface area contributed by atoms with Gasteiger partial charge in [-0.2, -0.15) is 0 Å². The van der Waals surface area contributed by atoms with Crippen LogP contribution < -0.4 is 5.32 Å². The predicted octanol–water partition coefficient (Wildman–Crippen LogP) is 0.891. The van der Waals surface area contributed by atoms with Crippen molar-refractivity contribution in [3.05, 3.63) is 0 Å². The van der Waals surface area contributed by atoms with Crippen molar-refractivity contribution in [1.82, 2.24) is 10.2 Å². The molecule has 0 aromatic heterocycles. The summed E-state index contributed by atoms with van der Waals surface area (Å²) in [5.74, 6) is 1.01. The Kier molecular flexibility index (Phi) is 4.33. The molecule has 0 saturated carbocycles. The summed E-state index contributed by atoms with van der Waals surface area (Å²) in [5, 5.41) is 4.48. The molecular formula is C14H23N3O2S. The van der Waals surface area contributed by atoms with Crippen molar-refractivity contribution >= 4 is 22.7 Å². The van der Waals surface area contributed by atoms with Crippen LogP contribution in [-0.2, 0) is 9.53 Å². The molecule has 3 aliphatic rings. The minimum absolute atomic E-state index is 0.109. The van der Waals surface area contributed by atoms with Crippen LogP contribution in [0.2, 0.25) is 0 Å². The molecule has 6 heteroatoms. The molecule has 112 valence electrons. The first kappa shape index (κ1) is 14.4. The molecule has 3 heterocycles. The van der Waals surface area contributed by atoms with Crippen LogP contribution in [0.1, 0.15) is 26.2 Å². The van der Waals surface area contributed by atoms with Crippen molar-refractivity contribution in [3.8, 4) is 0 Å². The Morgan fingerprint density at radius 3 is 3.05 bits per heavy atom. The van der Waals surface area contributed by atoms with E-state index in [0.717, 1.165) is 49.7 Å². The fraction of sp³-hybridized carbons (Fsp3) is 0.857. The number of carbonyl (C=O) groups is 1. The zero-order valence-corrected chi connectivity index (χ0v) is 12.9. The first-order valence-corrected chi connectivity index (χ1v) is 8.54. The fourth-order valence-corrected chi connectivity index (χ4v) is 4.15. The summed E-state index contributed by atoms with van der Waals surface area (Å²) in [7, 11) is 0. The van der Waals surface area contributed by atoms with Crippen LogP contribution in [0.3, 0.4) is 0 Å². The molecule has 0 aromatic carbocycles. The van der Waals surface area contributed by atoms with E-state index in [9.17, 15) is 4.79 Å². The number of nitrogens with zero attached hydrogens (tertiary/aromatic N) is 2. The molecule has 1 amide bonds. The Bertz CT molecular complexity index is 402. The maximum absolute atomic E-state index is 12.6. The van der Waals surface area contributed by atoms with Crippen LogP contribution in [0.15, 0.2) is 4.99 Å². The Labute approximate surface area is 124 Å². The summed E-state index contributed by atoms with van der Waals surface area (Å²) in [5.41, 5.74) is -0.109. The van der Waals surface area contributed by atoms with Gasteiger partial charge in [0.1, 0.15) is 6.04 Å². The van der Waals surface area contributed by atoms with Crippen molar-refractivity contribution in [3.63, 3.8) is 0 Å². The molecule has 5 nitrogen and oxygen atoms in total. The van der Waals surface area contributed by atoms with E-state index in [0.29, 0.717) is 13.2 Å². The SMILES string of the molecule is CCC1=NC(C(=O)N2CCOC3(CCNCC3)C2)CS1. The molecule has 0 aromatic rings. The molecule has 1 atom stereocenters. The van der Waals surface area contributed by atoms with Gasteiger partial charge in [0.15, 0.2) is 0 Å². The van der Waals surface area contributed by atoms with Gasteiger partial charge in [-0.1, -0.05) is 6.92 Å². The number of nitrogens with one attached hydrogen (secondary N) is 1. The van der Waals surface area contributed by atoms with Gasteiger partial charge in [0.05, 0.1) is 17.3 Å². The maximum atomic E-state index is 12.6. The Balaban J connectivity index is 1.64. The van der Waals surface area contributed by atoms with Crippen molar-refractivity contribution in [2.24, 2.45) is 4.99 Å². The zero-order valence-electron chi connectivity index (χ0n) is 12.1. The van der Waals surface area contributed by atoms with Crippen LogP contribution >= 0.6 is 11.8 Å². The molecule has 1 unspecified atom stereocenters. The molecule has 0 radical (unpaired) electrons. The monoisotopic (exact) mass is 297 g/mol. The lowest BCUT2D eigenvalue weighted by Gasteiger charge is -2.45. The summed E-state index contributed by atoms with van der Waals surface area (Å²) < 4.78 is 6.02. The second-order valence-corrected chi connectivity index (χ2v) is 6.84. The van der Waals surface area contributed by atoms with Crippen LogP contribution in [0.4, 0.5) is 0 Å². The summed E-state index contributed by atoms with van der Waals surface area (Å²) in [4.78, 5) is 19.2.